The maximum atomic E-state index is 13.1. The molecule has 1 aromatic carbocycles. The molecule has 0 aliphatic rings. The van der Waals surface area contributed by atoms with Crippen LogP contribution in [0.1, 0.15) is 10.4 Å². The summed E-state index contributed by atoms with van der Waals surface area (Å²) in [6, 6.07) is 4.15. The van der Waals surface area contributed by atoms with Crippen molar-refractivity contribution < 1.29 is 14.3 Å². The minimum absolute atomic E-state index is 0.0116. The highest BCUT2D eigenvalue weighted by Gasteiger charge is 2.14. The zero-order chi connectivity index (χ0) is 11.7. The van der Waals surface area contributed by atoms with Crippen molar-refractivity contribution in [2.24, 2.45) is 0 Å². The van der Waals surface area contributed by atoms with E-state index < -0.39 is 11.8 Å². The fraction of sp³-hybridized carbons (Fsp3) is 0. The number of nitrogens with zero attached hydrogens (tertiary/aromatic N) is 1. The van der Waals surface area contributed by atoms with Crippen LogP contribution in [-0.2, 0) is 0 Å². The number of benzene rings is 1. The Hall–Kier alpha value is -1.69. The lowest BCUT2D eigenvalue weighted by atomic mass is 10.1. The number of carbonyl (C=O) groups is 1. The standard InChI is InChI=1S/C10H6BrFN2O2/c11-6-1-5(2-7(12)3-6)9-8(10(15)16)4-13-14-9/h1-4H,(H,13,14)(H,15,16). The van der Waals surface area contributed by atoms with E-state index in [1.54, 1.807) is 6.07 Å². The molecule has 0 spiro atoms. The van der Waals surface area contributed by atoms with Crippen LogP contribution in [0.2, 0.25) is 0 Å². The molecule has 0 fully saturated rings. The highest BCUT2D eigenvalue weighted by Crippen LogP contribution is 2.25. The third-order valence-corrected chi connectivity index (χ3v) is 2.48. The number of aromatic carboxylic acids is 1. The van der Waals surface area contributed by atoms with Gasteiger partial charge in [-0.25, -0.2) is 9.18 Å². The van der Waals surface area contributed by atoms with Gasteiger partial charge in [-0.05, 0) is 18.2 Å². The Balaban J connectivity index is 2.58. The van der Waals surface area contributed by atoms with Gasteiger partial charge in [-0.2, -0.15) is 5.10 Å². The number of H-pyrrole nitrogens is 1. The molecule has 2 rings (SSSR count). The number of carboxylic acids is 1. The third kappa shape index (κ3) is 1.96. The van der Waals surface area contributed by atoms with E-state index >= 15 is 0 Å². The van der Waals surface area contributed by atoms with Crippen molar-refractivity contribution in [2.75, 3.05) is 0 Å². The number of nitrogens with one attached hydrogen (secondary N) is 1. The molecule has 1 heterocycles. The number of rotatable bonds is 2. The van der Waals surface area contributed by atoms with Crippen molar-refractivity contribution in [1.29, 1.82) is 0 Å². The van der Waals surface area contributed by atoms with Crippen LogP contribution in [0.3, 0.4) is 0 Å². The molecule has 0 radical (unpaired) electrons. The quantitative estimate of drug-likeness (QED) is 0.891. The molecule has 0 amide bonds. The molecular formula is C10H6BrFN2O2. The van der Waals surface area contributed by atoms with Crippen molar-refractivity contribution in [3.05, 3.63) is 40.2 Å². The lowest BCUT2D eigenvalue weighted by molar-refractivity contribution is 0.0698. The Labute approximate surface area is 98.2 Å². The maximum Gasteiger partial charge on any atom is 0.339 e. The van der Waals surface area contributed by atoms with Gasteiger partial charge in [0.2, 0.25) is 0 Å². The summed E-state index contributed by atoms with van der Waals surface area (Å²) in [4.78, 5) is 10.9. The SMILES string of the molecule is O=C(O)c1cn[nH]c1-c1cc(F)cc(Br)c1. The van der Waals surface area contributed by atoms with Crippen molar-refractivity contribution in [3.63, 3.8) is 0 Å². The molecule has 0 atom stereocenters. The van der Waals surface area contributed by atoms with Crippen LogP contribution < -0.4 is 0 Å². The van der Waals surface area contributed by atoms with E-state index in [1.807, 2.05) is 0 Å². The van der Waals surface area contributed by atoms with Crippen LogP contribution in [0.5, 0.6) is 0 Å². The molecule has 1 aromatic heterocycles. The van der Waals surface area contributed by atoms with Crippen molar-refractivity contribution in [2.45, 2.75) is 0 Å². The molecular weight excluding hydrogens is 279 g/mol. The molecule has 0 aliphatic heterocycles. The summed E-state index contributed by atoms with van der Waals surface area (Å²) in [6.45, 7) is 0. The molecule has 2 N–H and O–H groups in total. The van der Waals surface area contributed by atoms with Gasteiger partial charge in [0.1, 0.15) is 11.4 Å². The van der Waals surface area contributed by atoms with Crippen LogP contribution in [0.4, 0.5) is 4.39 Å². The van der Waals surface area contributed by atoms with E-state index in [-0.39, 0.29) is 11.3 Å². The van der Waals surface area contributed by atoms with Gasteiger partial charge >= 0.3 is 5.97 Å². The number of carboxylic acid groups (broad SMARTS) is 1. The molecule has 4 nitrogen and oxygen atoms in total. The second-order valence-electron chi connectivity index (χ2n) is 3.12. The Bertz CT molecular complexity index is 533. The molecule has 82 valence electrons. The number of hydrogen-bond acceptors (Lipinski definition) is 2. The fourth-order valence-electron chi connectivity index (χ4n) is 1.37. The molecule has 0 bridgehead atoms. The van der Waals surface area contributed by atoms with Gasteiger partial charge in [-0.3, -0.25) is 5.10 Å². The number of aromatic nitrogens is 2. The van der Waals surface area contributed by atoms with Crippen LogP contribution in [0, 0.1) is 5.82 Å². The van der Waals surface area contributed by atoms with E-state index in [2.05, 4.69) is 26.1 Å². The number of aromatic amines is 1. The average molecular weight is 285 g/mol. The van der Waals surface area contributed by atoms with Crippen molar-refractivity contribution >= 4 is 21.9 Å². The average Bonchev–Trinajstić information content (AvgIpc) is 2.63. The summed E-state index contributed by atoms with van der Waals surface area (Å²) in [7, 11) is 0. The van der Waals surface area contributed by atoms with Gasteiger partial charge in [0.25, 0.3) is 0 Å². The summed E-state index contributed by atoms with van der Waals surface area (Å²) < 4.78 is 13.7. The number of halogens is 2. The second kappa shape index (κ2) is 4.05. The summed E-state index contributed by atoms with van der Waals surface area (Å²) in [5.41, 5.74) is 0.729. The lowest BCUT2D eigenvalue weighted by Gasteiger charge is -2.01. The van der Waals surface area contributed by atoms with Gasteiger partial charge in [0.05, 0.1) is 11.9 Å². The van der Waals surface area contributed by atoms with Gasteiger partial charge in [0.15, 0.2) is 0 Å². The van der Waals surface area contributed by atoms with Crippen LogP contribution in [0.15, 0.2) is 28.9 Å². The smallest absolute Gasteiger partial charge is 0.339 e. The predicted octanol–water partition coefficient (Wildman–Crippen LogP) is 2.68. The first-order valence-corrected chi connectivity index (χ1v) is 5.10. The highest BCUT2D eigenvalue weighted by atomic mass is 79.9. The van der Waals surface area contributed by atoms with E-state index in [1.165, 1.54) is 18.3 Å². The molecule has 0 unspecified atom stereocenters. The van der Waals surface area contributed by atoms with Crippen LogP contribution >= 0.6 is 15.9 Å². The maximum absolute atomic E-state index is 13.1. The van der Waals surface area contributed by atoms with E-state index in [0.29, 0.717) is 10.0 Å². The summed E-state index contributed by atoms with van der Waals surface area (Å²) in [5.74, 6) is -1.56. The Morgan fingerprint density at radius 2 is 2.19 bits per heavy atom. The zero-order valence-electron chi connectivity index (χ0n) is 7.87. The largest absolute Gasteiger partial charge is 0.478 e. The monoisotopic (exact) mass is 284 g/mol. The first kappa shape index (κ1) is 10.8. The summed E-state index contributed by atoms with van der Waals surface area (Å²) >= 11 is 3.14. The van der Waals surface area contributed by atoms with Crippen LogP contribution in [0.25, 0.3) is 11.3 Å². The third-order valence-electron chi connectivity index (χ3n) is 2.02. The molecule has 16 heavy (non-hydrogen) atoms. The minimum Gasteiger partial charge on any atom is -0.478 e. The highest BCUT2D eigenvalue weighted by molar-refractivity contribution is 9.10. The summed E-state index contributed by atoms with van der Waals surface area (Å²) in [6.07, 6.45) is 1.19. The summed E-state index contributed by atoms with van der Waals surface area (Å²) in [5, 5.41) is 15.1. The van der Waals surface area contributed by atoms with E-state index in [0.717, 1.165) is 0 Å². The van der Waals surface area contributed by atoms with Gasteiger partial charge in [-0.15, -0.1) is 0 Å². The van der Waals surface area contributed by atoms with Gasteiger partial charge in [0, 0.05) is 10.0 Å². The topological polar surface area (TPSA) is 66.0 Å². The number of hydrogen-bond donors (Lipinski definition) is 2. The molecule has 0 saturated heterocycles. The Morgan fingerprint density at radius 1 is 1.44 bits per heavy atom. The van der Waals surface area contributed by atoms with Crippen molar-refractivity contribution in [1.82, 2.24) is 10.2 Å². The first-order chi connectivity index (χ1) is 7.58. The minimum atomic E-state index is -1.11. The van der Waals surface area contributed by atoms with Gasteiger partial charge < -0.3 is 5.11 Å². The molecule has 0 aliphatic carbocycles. The predicted molar refractivity (Wildman–Crippen MR) is 58.6 cm³/mol. The second-order valence-corrected chi connectivity index (χ2v) is 4.04. The molecule has 6 heteroatoms. The van der Waals surface area contributed by atoms with E-state index in [9.17, 15) is 9.18 Å². The fourth-order valence-corrected chi connectivity index (χ4v) is 1.83. The molecule has 2 aromatic rings. The zero-order valence-corrected chi connectivity index (χ0v) is 9.45. The van der Waals surface area contributed by atoms with Crippen molar-refractivity contribution in [3.8, 4) is 11.3 Å². The van der Waals surface area contributed by atoms with E-state index in [4.69, 9.17) is 5.11 Å². The normalized spacial score (nSPS) is 10.4. The van der Waals surface area contributed by atoms with Gasteiger partial charge in [-0.1, -0.05) is 15.9 Å². The Morgan fingerprint density at radius 3 is 2.81 bits per heavy atom. The van der Waals surface area contributed by atoms with Crippen LogP contribution in [-0.4, -0.2) is 21.3 Å². The first-order valence-electron chi connectivity index (χ1n) is 4.31. The lowest BCUT2D eigenvalue weighted by Crippen LogP contribution is -1.97. The molecule has 0 saturated carbocycles. The Kier molecular flexibility index (Phi) is 2.74.